The molecular formula is C31H25ClF6N8O4S. The van der Waals surface area contributed by atoms with Gasteiger partial charge in [0.25, 0.3) is 17.9 Å². The summed E-state index contributed by atoms with van der Waals surface area (Å²) < 4.78 is 116. The molecule has 1 saturated carbocycles. The average molecular weight is 755 g/mol. The molecule has 3 atom stereocenters. The number of hydrogen-bond acceptors (Lipinski definition) is 7. The number of alkyl halides is 4. The van der Waals surface area contributed by atoms with E-state index < -0.39 is 87.7 Å². The van der Waals surface area contributed by atoms with Crippen LogP contribution in [0.4, 0.5) is 32.2 Å². The Morgan fingerprint density at radius 3 is 2.49 bits per heavy atom. The van der Waals surface area contributed by atoms with E-state index in [1.807, 2.05) is 0 Å². The van der Waals surface area contributed by atoms with Crippen molar-refractivity contribution in [3.05, 3.63) is 97.9 Å². The quantitative estimate of drug-likeness (QED) is 0.194. The minimum atomic E-state index is -3.85. The number of carbonyl (C=O) groups excluding carboxylic acids is 1. The summed E-state index contributed by atoms with van der Waals surface area (Å²) in [4.78, 5) is 31.5. The van der Waals surface area contributed by atoms with Crippen molar-refractivity contribution in [3.8, 4) is 5.69 Å². The van der Waals surface area contributed by atoms with Gasteiger partial charge in [-0.15, -0.1) is 0 Å². The Bertz CT molecular complexity index is 2410. The summed E-state index contributed by atoms with van der Waals surface area (Å²) in [5.41, 5.74) is -2.42. The molecule has 5 aromatic rings. The van der Waals surface area contributed by atoms with Crippen LogP contribution in [0, 0.1) is 17.6 Å². The second-order valence-electron chi connectivity index (χ2n) is 12.4. The number of halogens is 7. The lowest BCUT2D eigenvalue weighted by atomic mass is 10.0. The molecule has 2 aliphatic carbocycles. The topological polar surface area (TPSA) is 146 Å². The Labute approximate surface area is 289 Å². The van der Waals surface area contributed by atoms with Gasteiger partial charge in [0.1, 0.15) is 35.4 Å². The minimum Gasteiger partial charge on any atom is -0.344 e. The number of rotatable bonds is 10. The van der Waals surface area contributed by atoms with Gasteiger partial charge in [0, 0.05) is 43.3 Å². The fraction of sp³-hybridized carbons (Fsp3) is 0.323. The fourth-order valence-electron chi connectivity index (χ4n) is 6.82. The Kier molecular flexibility index (Phi) is 8.20. The monoisotopic (exact) mass is 754 g/mol. The molecule has 0 saturated heterocycles. The molecule has 268 valence electrons. The molecule has 2 aromatic carbocycles. The predicted molar refractivity (Wildman–Crippen MR) is 170 cm³/mol. The van der Waals surface area contributed by atoms with Gasteiger partial charge in [-0.1, -0.05) is 11.6 Å². The number of nitrogens with one attached hydrogen (secondary N) is 2. The molecule has 2 N–H and O–H groups in total. The van der Waals surface area contributed by atoms with E-state index in [4.69, 9.17) is 11.6 Å². The number of sulfonamides is 1. The molecule has 3 heterocycles. The van der Waals surface area contributed by atoms with Crippen molar-refractivity contribution in [2.75, 3.05) is 11.0 Å². The number of carbonyl (C=O) groups is 1. The number of anilines is 1. The molecule has 0 radical (unpaired) electrons. The van der Waals surface area contributed by atoms with Crippen LogP contribution in [0.1, 0.15) is 53.1 Å². The van der Waals surface area contributed by atoms with Crippen LogP contribution in [0.15, 0.2) is 47.4 Å². The lowest BCUT2D eigenvalue weighted by Crippen LogP contribution is -2.38. The van der Waals surface area contributed by atoms with E-state index in [0.717, 1.165) is 35.2 Å². The highest BCUT2D eigenvalue weighted by atomic mass is 35.5. The Morgan fingerprint density at radius 1 is 1.12 bits per heavy atom. The number of hydrogen-bond donors (Lipinski definition) is 2. The van der Waals surface area contributed by atoms with Gasteiger partial charge < -0.3 is 5.32 Å². The van der Waals surface area contributed by atoms with E-state index in [0.29, 0.717) is 10.7 Å². The van der Waals surface area contributed by atoms with E-state index in [1.54, 1.807) is 0 Å². The van der Waals surface area contributed by atoms with E-state index in [9.17, 15) is 35.6 Å². The summed E-state index contributed by atoms with van der Waals surface area (Å²) in [6.45, 7) is -0.942. The van der Waals surface area contributed by atoms with Gasteiger partial charge in [0.15, 0.2) is 5.82 Å². The normalized spacial score (nSPS) is 18.2. The molecule has 0 aliphatic heterocycles. The lowest BCUT2D eigenvalue weighted by molar-refractivity contribution is -0.123. The predicted octanol–water partition coefficient (Wildman–Crippen LogP) is 4.87. The first-order chi connectivity index (χ1) is 23.9. The molecule has 7 rings (SSSR count). The number of fused-ring (bicyclic) bond motifs is 4. The molecule has 1 amide bonds. The van der Waals surface area contributed by atoms with Crippen LogP contribution in [0.3, 0.4) is 0 Å². The third kappa shape index (κ3) is 6.11. The summed E-state index contributed by atoms with van der Waals surface area (Å²) in [6, 6.07) is 4.98. The Hall–Kier alpha value is -4.91. The number of aryl methyl sites for hydroxylation is 1. The molecular weight excluding hydrogens is 730 g/mol. The van der Waals surface area contributed by atoms with Crippen molar-refractivity contribution in [3.63, 3.8) is 0 Å². The van der Waals surface area contributed by atoms with Gasteiger partial charge in [-0.05, 0) is 42.2 Å². The highest BCUT2D eigenvalue weighted by Crippen LogP contribution is 2.68. The van der Waals surface area contributed by atoms with Crippen molar-refractivity contribution in [1.82, 2.24) is 34.4 Å². The summed E-state index contributed by atoms with van der Waals surface area (Å²) in [5, 5.41) is 10.6. The van der Waals surface area contributed by atoms with Crippen LogP contribution in [0.25, 0.3) is 16.6 Å². The molecule has 20 heteroatoms. The van der Waals surface area contributed by atoms with Crippen LogP contribution in [0.2, 0.25) is 5.02 Å². The van der Waals surface area contributed by atoms with Crippen LogP contribution >= 0.6 is 11.6 Å². The third-order valence-electron chi connectivity index (χ3n) is 8.78. The molecule has 3 aromatic heterocycles. The lowest BCUT2D eigenvalue weighted by Gasteiger charge is -2.23. The van der Waals surface area contributed by atoms with Gasteiger partial charge in [-0.3, -0.25) is 28.2 Å². The Balaban J connectivity index is 1.34. The van der Waals surface area contributed by atoms with Gasteiger partial charge in [0.2, 0.25) is 15.9 Å². The maximum atomic E-state index is 15.2. The highest BCUT2D eigenvalue weighted by molar-refractivity contribution is 7.92. The SMILES string of the molecule is Cn1nc(NS(C)(=O)=O)c2c(Cl)ccc(-n3c([C@@H](Cc4cc(F)cc(F)c4)NC(=O)Cn4nc(C(F)F)c5c4C(F)(F)C4CC54)nccc3=O)c21. The molecule has 0 bridgehead atoms. The Morgan fingerprint density at radius 2 is 1.82 bits per heavy atom. The van der Waals surface area contributed by atoms with Gasteiger partial charge >= 0.3 is 0 Å². The zero-order valence-corrected chi connectivity index (χ0v) is 27.9. The van der Waals surface area contributed by atoms with Crippen LogP contribution < -0.4 is 15.6 Å². The highest BCUT2D eigenvalue weighted by Gasteiger charge is 2.67. The maximum Gasteiger partial charge on any atom is 0.293 e. The number of benzene rings is 2. The van der Waals surface area contributed by atoms with Crippen molar-refractivity contribution in [2.24, 2.45) is 13.0 Å². The van der Waals surface area contributed by atoms with E-state index in [1.165, 1.54) is 23.9 Å². The molecule has 1 fully saturated rings. The standard InChI is InChI=1S/C31H25ClF6N8O4S/c1-44-26-20(4-3-18(32)24(26)29(42-44)43-51(2,49)50)46-22(48)5-6-39-30(46)19(9-13-7-14(33)10-15(34)8-13)40-21(47)12-45-27-23(25(41-45)28(35)36)16-11-17(16)31(27,37)38/h3-8,10,16-17,19,28H,9,11-12H2,1-2H3,(H,40,47)(H,42,43)/t16?,17?,19-/m1/s1. The largest absolute Gasteiger partial charge is 0.344 e. The average Bonchev–Trinajstić information content (AvgIpc) is 3.56. The minimum absolute atomic E-state index is 0.00420. The van der Waals surface area contributed by atoms with Crippen molar-refractivity contribution < 1.29 is 39.6 Å². The summed E-state index contributed by atoms with van der Waals surface area (Å²) in [5.74, 6) is -8.79. The first-order valence-corrected chi connectivity index (χ1v) is 17.4. The molecule has 51 heavy (non-hydrogen) atoms. The van der Waals surface area contributed by atoms with Crippen molar-refractivity contribution in [1.29, 1.82) is 0 Å². The molecule has 2 unspecified atom stereocenters. The number of nitrogens with zero attached hydrogens (tertiary/aromatic N) is 6. The second-order valence-corrected chi connectivity index (χ2v) is 14.5. The van der Waals surface area contributed by atoms with Gasteiger partial charge in [0.05, 0.1) is 33.9 Å². The van der Waals surface area contributed by atoms with E-state index in [-0.39, 0.29) is 50.8 Å². The third-order valence-corrected chi connectivity index (χ3v) is 9.66. The summed E-state index contributed by atoms with van der Waals surface area (Å²) in [7, 11) is -2.40. The zero-order valence-electron chi connectivity index (χ0n) is 26.3. The zero-order chi connectivity index (χ0) is 36.7. The van der Waals surface area contributed by atoms with Crippen molar-refractivity contribution in [2.45, 2.75) is 43.7 Å². The molecule has 12 nitrogen and oxygen atoms in total. The second kappa shape index (κ2) is 12.1. The maximum absolute atomic E-state index is 15.2. The van der Waals surface area contributed by atoms with Crippen LogP contribution in [-0.4, -0.2) is 49.7 Å². The molecule has 0 spiro atoms. The smallest absolute Gasteiger partial charge is 0.293 e. The molecule has 2 aliphatic rings. The van der Waals surface area contributed by atoms with Gasteiger partial charge in [-0.2, -0.15) is 19.0 Å². The van der Waals surface area contributed by atoms with Crippen LogP contribution in [0.5, 0.6) is 0 Å². The van der Waals surface area contributed by atoms with E-state index >= 15 is 8.78 Å². The van der Waals surface area contributed by atoms with E-state index in [2.05, 4.69) is 25.2 Å². The first-order valence-electron chi connectivity index (χ1n) is 15.2. The fourth-order valence-corrected chi connectivity index (χ4v) is 7.56. The van der Waals surface area contributed by atoms with Crippen LogP contribution in [-0.2, 0) is 40.8 Å². The summed E-state index contributed by atoms with van der Waals surface area (Å²) in [6.07, 6.45) is -1.56. The van der Waals surface area contributed by atoms with Crippen molar-refractivity contribution >= 4 is 44.3 Å². The first kappa shape index (κ1) is 34.5. The number of amides is 1. The van der Waals surface area contributed by atoms with Gasteiger partial charge in [-0.25, -0.2) is 31.0 Å². The summed E-state index contributed by atoms with van der Waals surface area (Å²) >= 11 is 6.45. The number of aromatic nitrogens is 6.